The lowest BCUT2D eigenvalue weighted by molar-refractivity contribution is -0.152. The van der Waals surface area contributed by atoms with E-state index in [0.717, 1.165) is 12.2 Å². The van der Waals surface area contributed by atoms with Gasteiger partial charge in [0.05, 0.1) is 0 Å². The normalized spacial score (nSPS) is 10.7. The van der Waals surface area contributed by atoms with Gasteiger partial charge in [-0.05, 0) is 12.8 Å². The van der Waals surface area contributed by atoms with Crippen LogP contribution in [0, 0.1) is 0 Å². The van der Waals surface area contributed by atoms with Crippen molar-refractivity contribution in [3.63, 3.8) is 0 Å². The summed E-state index contributed by atoms with van der Waals surface area (Å²) in [5.74, 6) is -3.79. The van der Waals surface area contributed by atoms with E-state index in [1.54, 1.807) is 0 Å². The summed E-state index contributed by atoms with van der Waals surface area (Å²) in [6.07, 6.45) is 4.59. The van der Waals surface area contributed by atoms with Crippen molar-refractivity contribution in [3.8, 4) is 0 Å². The third kappa shape index (κ3) is 11.8. The van der Waals surface area contributed by atoms with Gasteiger partial charge in [0.25, 0.3) is 0 Å². The molecule has 0 rings (SSSR count). The van der Waals surface area contributed by atoms with Crippen molar-refractivity contribution in [1.82, 2.24) is 0 Å². The fourth-order valence-electron chi connectivity index (χ4n) is 0.940. The minimum absolute atomic E-state index is 0.118. The zero-order valence-corrected chi connectivity index (χ0v) is 10.1. The molecule has 7 nitrogen and oxygen atoms in total. The van der Waals surface area contributed by atoms with E-state index in [1.165, 1.54) is 12.2 Å². The zero-order chi connectivity index (χ0) is 14.7. The van der Waals surface area contributed by atoms with Crippen LogP contribution in [0.5, 0.6) is 0 Å². The monoisotopic (exact) mass is 270 g/mol. The fraction of sp³-hybridized carbons (Fsp3) is 0.333. The summed E-state index contributed by atoms with van der Waals surface area (Å²) in [5.41, 5.74) is 0. The smallest absolute Gasteiger partial charge is 0.338 e. The van der Waals surface area contributed by atoms with E-state index in [9.17, 15) is 19.2 Å². The van der Waals surface area contributed by atoms with Crippen LogP contribution >= 0.6 is 0 Å². The Kier molecular flexibility index (Phi) is 8.35. The summed E-state index contributed by atoms with van der Waals surface area (Å²) >= 11 is 0. The fourth-order valence-corrected chi connectivity index (χ4v) is 0.940. The largest absolute Gasteiger partial charge is 0.481 e. The first-order valence-corrected chi connectivity index (χ1v) is 5.44. The molecular weight excluding hydrogens is 256 g/mol. The number of carboxylic acid groups (broad SMARTS) is 2. The van der Waals surface area contributed by atoms with Gasteiger partial charge in [-0.1, -0.05) is 12.2 Å². The van der Waals surface area contributed by atoms with E-state index < -0.39 is 23.9 Å². The third-order valence-electron chi connectivity index (χ3n) is 1.76. The molecule has 0 bridgehead atoms. The molecule has 0 atom stereocenters. The van der Waals surface area contributed by atoms with Crippen LogP contribution in [0.15, 0.2) is 24.3 Å². The number of aliphatic carboxylic acids is 2. The summed E-state index contributed by atoms with van der Waals surface area (Å²) < 4.78 is 4.32. The molecule has 7 heteroatoms. The van der Waals surface area contributed by atoms with Gasteiger partial charge < -0.3 is 14.9 Å². The summed E-state index contributed by atoms with van der Waals surface area (Å²) in [5, 5.41) is 16.7. The van der Waals surface area contributed by atoms with Crippen molar-refractivity contribution in [2.24, 2.45) is 0 Å². The Hall–Kier alpha value is -2.44. The molecule has 0 saturated heterocycles. The van der Waals surface area contributed by atoms with Crippen LogP contribution in [-0.2, 0) is 23.9 Å². The Morgan fingerprint density at radius 1 is 0.789 bits per heavy atom. The molecule has 0 aromatic heterocycles. The Labute approximate surface area is 109 Å². The molecular formula is C12H14O7. The molecule has 0 fully saturated rings. The van der Waals surface area contributed by atoms with Crippen LogP contribution < -0.4 is 0 Å². The highest BCUT2D eigenvalue weighted by molar-refractivity contribution is 5.96. The standard InChI is InChI=1S/C12H14O7/c13-9(14)5-1-3-7-11(17)19-12(18)8-4-2-6-10(15)16/h3-4,7-8H,1-2,5-6H2,(H,13,14)(H,15,16)/b7-3+,8-4+. The van der Waals surface area contributed by atoms with Gasteiger partial charge >= 0.3 is 23.9 Å². The van der Waals surface area contributed by atoms with Gasteiger partial charge in [0.1, 0.15) is 0 Å². The van der Waals surface area contributed by atoms with Crippen LogP contribution in [0.2, 0.25) is 0 Å². The number of esters is 2. The summed E-state index contributed by atoms with van der Waals surface area (Å²) in [4.78, 5) is 42.4. The van der Waals surface area contributed by atoms with Crippen molar-refractivity contribution < 1.29 is 34.1 Å². The first-order valence-electron chi connectivity index (χ1n) is 5.44. The average Bonchev–Trinajstić information content (AvgIpc) is 2.30. The van der Waals surface area contributed by atoms with Crippen molar-refractivity contribution in [3.05, 3.63) is 24.3 Å². The average molecular weight is 270 g/mol. The predicted octanol–water partition coefficient (Wildman–Crippen LogP) is 0.898. The number of ether oxygens (including phenoxy) is 1. The van der Waals surface area contributed by atoms with Crippen molar-refractivity contribution in [1.29, 1.82) is 0 Å². The first kappa shape index (κ1) is 16.6. The molecule has 0 heterocycles. The maximum atomic E-state index is 11.0. The summed E-state index contributed by atoms with van der Waals surface area (Å²) in [6, 6.07) is 0. The number of hydrogen-bond donors (Lipinski definition) is 2. The van der Waals surface area contributed by atoms with E-state index in [0.29, 0.717) is 0 Å². The summed E-state index contributed by atoms with van der Waals surface area (Å²) in [7, 11) is 0. The highest BCUT2D eigenvalue weighted by atomic mass is 16.6. The lowest BCUT2D eigenvalue weighted by Gasteiger charge is -1.94. The van der Waals surface area contributed by atoms with E-state index in [-0.39, 0.29) is 25.7 Å². The maximum absolute atomic E-state index is 11.0. The number of hydrogen-bond acceptors (Lipinski definition) is 5. The topological polar surface area (TPSA) is 118 Å². The lowest BCUT2D eigenvalue weighted by atomic mass is 10.3. The van der Waals surface area contributed by atoms with Gasteiger partial charge in [-0.15, -0.1) is 0 Å². The molecule has 0 aliphatic heterocycles. The second-order valence-corrected chi connectivity index (χ2v) is 3.41. The molecule has 0 amide bonds. The van der Waals surface area contributed by atoms with Gasteiger partial charge in [-0.25, -0.2) is 9.59 Å². The molecule has 2 N–H and O–H groups in total. The molecule has 104 valence electrons. The molecule has 0 unspecified atom stereocenters. The highest BCUT2D eigenvalue weighted by Crippen LogP contribution is 1.94. The highest BCUT2D eigenvalue weighted by Gasteiger charge is 2.03. The van der Waals surface area contributed by atoms with Gasteiger partial charge in [0, 0.05) is 25.0 Å². The Balaban J connectivity index is 3.89. The molecule has 0 aromatic rings. The predicted molar refractivity (Wildman–Crippen MR) is 63.1 cm³/mol. The van der Waals surface area contributed by atoms with E-state index in [2.05, 4.69) is 4.74 Å². The second-order valence-electron chi connectivity index (χ2n) is 3.41. The molecule has 0 aromatic carbocycles. The first-order chi connectivity index (χ1) is 8.91. The molecule has 0 aliphatic rings. The van der Waals surface area contributed by atoms with E-state index in [4.69, 9.17) is 10.2 Å². The van der Waals surface area contributed by atoms with Gasteiger partial charge in [0.15, 0.2) is 0 Å². The maximum Gasteiger partial charge on any atom is 0.338 e. The molecule has 0 spiro atoms. The van der Waals surface area contributed by atoms with Crippen molar-refractivity contribution in [2.45, 2.75) is 25.7 Å². The molecule has 0 radical (unpaired) electrons. The van der Waals surface area contributed by atoms with Crippen LogP contribution in [0.1, 0.15) is 25.7 Å². The van der Waals surface area contributed by atoms with E-state index in [1.807, 2.05) is 0 Å². The minimum atomic E-state index is -0.990. The SMILES string of the molecule is O=C(O)CC/C=C/C(=O)OC(=O)/C=C/CCC(=O)O. The lowest BCUT2D eigenvalue weighted by Crippen LogP contribution is -2.07. The Morgan fingerprint density at radius 3 is 1.47 bits per heavy atom. The van der Waals surface area contributed by atoms with Crippen LogP contribution in [0.25, 0.3) is 0 Å². The van der Waals surface area contributed by atoms with Crippen molar-refractivity contribution in [2.75, 3.05) is 0 Å². The third-order valence-corrected chi connectivity index (χ3v) is 1.76. The number of carboxylic acids is 2. The van der Waals surface area contributed by atoms with Gasteiger partial charge in [-0.3, -0.25) is 9.59 Å². The summed E-state index contributed by atoms with van der Waals surface area (Å²) in [6.45, 7) is 0. The number of rotatable bonds is 8. The Morgan fingerprint density at radius 2 is 1.16 bits per heavy atom. The van der Waals surface area contributed by atoms with Crippen LogP contribution in [0.4, 0.5) is 0 Å². The number of allylic oxidation sites excluding steroid dienone is 2. The number of carbonyl (C=O) groups is 4. The van der Waals surface area contributed by atoms with Crippen LogP contribution in [0.3, 0.4) is 0 Å². The quantitative estimate of drug-likeness (QED) is 0.382. The minimum Gasteiger partial charge on any atom is -0.481 e. The zero-order valence-electron chi connectivity index (χ0n) is 10.1. The Bertz CT molecular complexity index is 368. The van der Waals surface area contributed by atoms with E-state index >= 15 is 0 Å². The second kappa shape index (κ2) is 9.58. The van der Waals surface area contributed by atoms with Crippen molar-refractivity contribution >= 4 is 23.9 Å². The molecule has 0 saturated carbocycles. The number of carbonyl (C=O) groups excluding carboxylic acids is 2. The van der Waals surface area contributed by atoms with Gasteiger partial charge in [0.2, 0.25) is 0 Å². The molecule has 19 heavy (non-hydrogen) atoms. The molecule has 0 aliphatic carbocycles. The van der Waals surface area contributed by atoms with Crippen LogP contribution in [-0.4, -0.2) is 34.1 Å². The van der Waals surface area contributed by atoms with Gasteiger partial charge in [-0.2, -0.15) is 0 Å².